The van der Waals surface area contributed by atoms with Gasteiger partial charge in [-0.1, -0.05) is 6.92 Å². The second kappa shape index (κ2) is 7.85. The van der Waals surface area contributed by atoms with Gasteiger partial charge >= 0.3 is 0 Å². The zero-order chi connectivity index (χ0) is 16.8. The quantitative estimate of drug-likeness (QED) is 0.865. The minimum Gasteiger partial charge on any atom is -0.508 e. The maximum absolute atomic E-state index is 12.4. The molecule has 0 aliphatic carbocycles. The van der Waals surface area contributed by atoms with Crippen LogP contribution in [0.2, 0.25) is 0 Å². The summed E-state index contributed by atoms with van der Waals surface area (Å²) in [6, 6.07) is 6.46. The smallest absolute Gasteiger partial charge is 0.263 e. The topological polar surface area (TPSA) is 78.9 Å². The van der Waals surface area contributed by atoms with E-state index in [0.717, 1.165) is 12.8 Å². The Bertz CT molecular complexity index is 536. The number of amides is 2. The van der Waals surface area contributed by atoms with E-state index in [4.69, 9.17) is 4.74 Å². The molecule has 23 heavy (non-hydrogen) atoms. The largest absolute Gasteiger partial charge is 0.508 e. The van der Waals surface area contributed by atoms with Gasteiger partial charge in [-0.3, -0.25) is 9.59 Å². The van der Waals surface area contributed by atoms with Crippen molar-refractivity contribution in [3.63, 3.8) is 0 Å². The number of likely N-dealkylation sites (tertiary alicyclic amines) is 1. The lowest BCUT2D eigenvalue weighted by Crippen LogP contribution is -2.49. The first-order valence-corrected chi connectivity index (χ1v) is 8.03. The standard InChI is InChI=1S/C17H24N2O4/c1-3-16(21)18-13-8-10-19(11-9-13)17(22)12(2)23-15-6-4-14(20)5-7-15/h4-7,12-13,20H,3,8-11H2,1-2H3,(H,18,21). The van der Waals surface area contributed by atoms with E-state index in [1.807, 2.05) is 6.92 Å². The minimum absolute atomic E-state index is 0.0545. The van der Waals surface area contributed by atoms with Crippen LogP contribution in [0.5, 0.6) is 11.5 Å². The molecule has 126 valence electrons. The molecule has 1 heterocycles. The van der Waals surface area contributed by atoms with Crippen LogP contribution in [0.1, 0.15) is 33.1 Å². The number of hydrogen-bond acceptors (Lipinski definition) is 4. The third kappa shape index (κ3) is 4.87. The van der Waals surface area contributed by atoms with Crippen LogP contribution in [-0.4, -0.2) is 47.1 Å². The molecule has 6 nitrogen and oxygen atoms in total. The molecule has 0 aromatic heterocycles. The fourth-order valence-electron chi connectivity index (χ4n) is 2.61. The summed E-state index contributed by atoms with van der Waals surface area (Å²) in [5.74, 6) is 0.707. The molecule has 1 aromatic carbocycles. The molecule has 1 aromatic rings. The Balaban J connectivity index is 1.81. The highest BCUT2D eigenvalue weighted by atomic mass is 16.5. The van der Waals surface area contributed by atoms with Crippen molar-refractivity contribution in [2.45, 2.75) is 45.3 Å². The lowest BCUT2D eigenvalue weighted by atomic mass is 10.0. The lowest BCUT2D eigenvalue weighted by molar-refractivity contribution is -0.139. The van der Waals surface area contributed by atoms with Crippen LogP contribution in [0.3, 0.4) is 0 Å². The number of hydrogen-bond donors (Lipinski definition) is 2. The zero-order valence-electron chi connectivity index (χ0n) is 13.6. The highest BCUT2D eigenvalue weighted by Gasteiger charge is 2.27. The van der Waals surface area contributed by atoms with E-state index in [9.17, 15) is 14.7 Å². The number of carbonyl (C=O) groups excluding carboxylic acids is 2. The molecule has 1 aliphatic rings. The molecular weight excluding hydrogens is 296 g/mol. The van der Waals surface area contributed by atoms with E-state index < -0.39 is 6.10 Å². The Morgan fingerprint density at radius 2 is 1.91 bits per heavy atom. The predicted octanol–water partition coefficient (Wildman–Crippen LogP) is 1.68. The highest BCUT2D eigenvalue weighted by Crippen LogP contribution is 2.19. The van der Waals surface area contributed by atoms with Gasteiger partial charge in [0.2, 0.25) is 5.91 Å². The maximum Gasteiger partial charge on any atom is 0.263 e. The number of benzene rings is 1. The SMILES string of the molecule is CCC(=O)NC1CCN(C(=O)C(C)Oc2ccc(O)cc2)CC1. The van der Waals surface area contributed by atoms with Gasteiger partial charge in [0.05, 0.1) is 0 Å². The number of phenols is 1. The Hall–Kier alpha value is -2.24. The normalized spacial score (nSPS) is 16.7. The summed E-state index contributed by atoms with van der Waals surface area (Å²) in [4.78, 5) is 25.6. The van der Waals surface area contributed by atoms with Crippen LogP contribution in [0.4, 0.5) is 0 Å². The van der Waals surface area contributed by atoms with Gasteiger partial charge in [0.25, 0.3) is 5.91 Å². The van der Waals surface area contributed by atoms with Crippen molar-refractivity contribution < 1.29 is 19.4 Å². The average Bonchev–Trinajstić information content (AvgIpc) is 2.56. The van der Waals surface area contributed by atoms with Gasteiger partial charge in [-0.2, -0.15) is 0 Å². The summed E-state index contributed by atoms with van der Waals surface area (Å²) < 4.78 is 5.62. The summed E-state index contributed by atoms with van der Waals surface area (Å²) in [7, 11) is 0. The maximum atomic E-state index is 12.4. The van der Waals surface area contributed by atoms with Gasteiger partial charge in [0.15, 0.2) is 6.10 Å². The molecule has 1 fully saturated rings. The minimum atomic E-state index is -0.582. The van der Waals surface area contributed by atoms with Crippen molar-refractivity contribution in [2.24, 2.45) is 0 Å². The van der Waals surface area contributed by atoms with Gasteiger partial charge in [-0.25, -0.2) is 0 Å². The summed E-state index contributed by atoms with van der Waals surface area (Å²) >= 11 is 0. The number of nitrogens with one attached hydrogen (secondary N) is 1. The third-order valence-corrected chi connectivity index (χ3v) is 3.99. The fourth-order valence-corrected chi connectivity index (χ4v) is 2.61. The Kier molecular flexibility index (Phi) is 5.84. The van der Waals surface area contributed by atoms with Crippen molar-refractivity contribution in [3.8, 4) is 11.5 Å². The van der Waals surface area contributed by atoms with E-state index in [2.05, 4.69) is 5.32 Å². The van der Waals surface area contributed by atoms with E-state index in [-0.39, 0.29) is 23.6 Å². The molecule has 2 N–H and O–H groups in total. The summed E-state index contributed by atoms with van der Waals surface area (Å²) in [5, 5.41) is 12.2. The molecular formula is C17H24N2O4. The van der Waals surface area contributed by atoms with Gasteiger partial charge < -0.3 is 20.1 Å². The third-order valence-electron chi connectivity index (χ3n) is 3.99. The fraction of sp³-hybridized carbons (Fsp3) is 0.529. The van der Waals surface area contributed by atoms with Crippen LogP contribution in [-0.2, 0) is 9.59 Å². The number of piperidine rings is 1. The molecule has 1 atom stereocenters. The first kappa shape index (κ1) is 17.1. The lowest BCUT2D eigenvalue weighted by Gasteiger charge is -2.33. The molecule has 0 spiro atoms. The van der Waals surface area contributed by atoms with E-state index >= 15 is 0 Å². The molecule has 2 amide bonds. The van der Waals surface area contributed by atoms with Gasteiger partial charge in [-0.05, 0) is 44.0 Å². The van der Waals surface area contributed by atoms with Crippen molar-refractivity contribution in [3.05, 3.63) is 24.3 Å². The van der Waals surface area contributed by atoms with Crippen LogP contribution in [0.15, 0.2) is 24.3 Å². The molecule has 1 aliphatic heterocycles. The molecule has 2 rings (SSSR count). The van der Waals surface area contributed by atoms with E-state index in [1.165, 1.54) is 12.1 Å². The van der Waals surface area contributed by atoms with Gasteiger partial charge in [0.1, 0.15) is 11.5 Å². The molecule has 0 radical (unpaired) electrons. The van der Waals surface area contributed by atoms with Crippen molar-refractivity contribution in [1.29, 1.82) is 0 Å². The van der Waals surface area contributed by atoms with Gasteiger partial charge in [-0.15, -0.1) is 0 Å². The number of nitrogens with zero attached hydrogens (tertiary/aromatic N) is 1. The van der Waals surface area contributed by atoms with Crippen LogP contribution < -0.4 is 10.1 Å². The van der Waals surface area contributed by atoms with Crippen molar-refractivity contribution in [2.75, 3.05) is 13.1 Å². The van der Waals surface area contributed by atoms with Crippen LogP contribution in [0.25, 0.3) is 0 Å². The van der Waals surface area contributed by atoms with E-state index in [1.54, 1.807) is 24.0 Å². The average molecular weight is 320 g/mol. The van der Waals surface area contributed by atoms with Crippen LogP contribution in [0, 0.1) is 0 Å². The molecule has 1 saturated heterocycles. The summed E-state index contributed by atoms with van der Waals surface area (Å²) in [6.45, 7) is 4.80. The first-order chi connectivity index (χ1) is 11.0. The second-order valence-electron chi connectivity index (χ2n) is 5.77. The number of rotatable bonds is 5. The summed E-state index contributed by atoms with van der Waals surface area (Å²) in [5.41, 5.74) is 0. The Morgan fingerprint density at radius 1 is 1.30 bits per heavy atom. The predicted molar refractivity (Wildman–Crippen MR) is 86.2 cm³/mol. The van der Waals surface area contributed by atoms with E-state index in [0.29, 0.717) is 25.3 Å². The van der Waals surface area contributed by atoms with Gasteiger partial charge in [0, 0.05) is 25.6 Å². The number of phenolic OH excluding ortho intramolecular Hbond substituents is 1. The second-order valence-corrected chi connectivity index (χ2v) is 5.77. The van der Waals surface area contributed by atoms with Crippen molar-refractivity contribution in [1.82, 2.24) is 10.2 Å². The number of aromatic hydroxyl groups is 1. The highest BCUT2D eigenvalue weighted by molar-refractivity contribution is 5.81. The molecule has 0 saturated carbocycles. The molecule has 6 heteroatoms. The van der Waals surface area contributed by atoms with Crippen molar-refractivity contribution >= 4 is 11.8 Å². The molecule has 1 unspecified atom stereocenters. The Morgan fingerprint density at radius 3 is 2.48 bits per heavy atom. The monoisotopic (exact) mass is 320 g/mol. The number of ether oxygens (including phenoxy) is 1. The molecule has 0 bridgehead atoms. The first-order valence-electron chi connectivity index (χ1n) is 8.03. The summed E-state index contributed by atoms with van der Waals surface area (Å²) in [6.07, 6.45) is 1.44. The number of carbonyl (C=O) groups is 2. The van der Waals surface area contributed by atoms with Crippen LogP contribution >= 0.6 is 0 Å². The zero-order valence-corrected chi connectivity index (χ0v) is 13.6. The Labute approximate surface area is 136 Å².